The van der Waals surface area contributed by atoms with Gasteiger partial charge in [-0.1, -0.05) is 6.07 Å². The van der Waals surface area contributed by atoms with Crippen LogP contribution in [0.5, 0.6) is 5.75 Å². The van der Waals surface area contributed by atoms with Gasteiger partial charge in [0.15, 0.2) is 0 Å². The molecule has 3 rings (SSSR count). The lowest BCUT2D eigenvalue weighted by Gasteiger charge is -2.35. The zero-order chi connectivity index (χ0) is 17.3. The number of nitrogens with zero attached hydrogens (tertiary/aromatic N) is 2. The van der Waals surface area contributed by atoms with Gasteiger partial charge in [0.25, 0.3) is 0 Å². The molecule has 0 spiro atoms. The van der Waals surface area contributed by atoms with Crippen LogP contribution in [-0.2, 0) is 10.0 Å². The predicted molar refractivity (Wildman–Crippen MR) is 91.7 cm³/mol. The van der Waals surface area contributed by atoms with E-state index in [1.54, 1.807) is 12.1 Å². The van der Waals surface area contributed by atoms with E-state index in [9.17, 15) is 13.5 Å². The molecule has 0 radical (unpaired) electrons. The Hall–Kier alpha value is -1.15. The van der Waals surface area contributed by atoms with E-state index in [4.69, 9.17) is 4.74 Å². The molecule has 1 N–H and O–H groups in total. The summed E-state index contributed by atoms with van der Waals surface area (Å²) in [6.45, 7) is 4.70. The molecule has 1 saturated heterocycles. The molecule has 1 aliphatic heterocycles. The third-order valence-corrected chi connectivity index (χ3v) is 6.80. The Labute approximate surface area is 144 Å². The predicted octanol–water partition coefficient (Wildman–Crippen LogP) is 1.08. The Morgan fingerprint density at radius 1 is 1.25 bits per heavy atom. The average molecular weight is 354 g/mol. The molecule has 1 aliphatic carbocycles. The zero-order valence-corrected chi connectivity index (χ0v) is 15.1. The maximum atomic E-state index is 12.9. The lowest BCUT2D eigenvalue weighted by molar-refractivity contribution is 0.0781. The number of hydrogen-bond donors (Lipinski definition) is 1. The summed E-state index contributed by atoms with van der Waals surface area (Å²) in [5.74, 6) is 0.829. The summed E-state index contributed by atoms with van der Waals surface area (Å²) in [5, 5.41) is 10.1. The van der Waals surface area contributed by atoms with Gasteiger partial charge in [0.2, 0.25) is 10.0 Å². The van der Waals surface area contributed by atoms with Gasteiger partial charge in [-0.3, -0.25) is 4.90 Å². The smallest absolute Gasteiger partial charge is 0.246 e. The van der Waals surface area contributed by atoms with E-state index < -0.39 is 10.0 Å². The molecule has 7 heteroatoms. The summed E-state index contributed by atoms with van der Waals surface area (Å²) < 4.78 is 32.6. The topological polar surface area (TPSA) is 70.1 Å². The number of rotatable bonds is 6. The molecule has 1 heterocycles. The summed E-state index contributed by atoms with van der Waals surface area (Å²) in [6.07, 6.45) is 1.95. The first kappa shape index (κ1) is 17.7. The van der Waals surface area contributed by atoms with Crippen molar-refractivity contribution in [3.05, 3.63) is 23.8 Å². The van der Waals surface area contributed by atoms with Gasteiger partial charge in [0.05, 0.1) is 13.2 Å². The van der Waals surface area contributed by atoms with Crippen LogP contribution in [0.25, 0.3) is 0 Å². The van der Waals surface area contributed by atoms with Gasteiger partial charge in [0, 0.05) is 32.7 Å². The Morgan fingerprint density at radius 2 is 1.92 bits per heavy atom. The first-order valence-corrected chi connectivity index (χ1v) is 9.91. The summed E-state index contributed by atoms with van der Waals surface area (Å²) in [6, 6.07) is 5.21. The number of β-amino-alcohol motifs (C(OH)–C–C–N with tert-alkyl or cyclic N) is 1. The highest BCUT2D eigenvalue weighted by atomic mass is 32.2. The van der Waals surface area contributed by atoms with E-state index in [2.05, 4.69) is 4.90 Å². The van der Waals surface area contributed by atoms with Crippen molar-refractivity contribution >= 4 is 10.0 Å². The number of aryl methyl sites for hydroxylation is 1. The van der Waals surface area contributed by atoms with E-state index >= 15 is 0 Å². The van der Waals surface area contributed by atoms with E-state index in [1.165, 1.54) is 11.4 Å². The van der Waals surface area contributed by atoms with Gasteiger partial charge in [0.1, 0.15) is 10.6 Å². The summed E-state index contributed by atoms with van der Waals surface area (Å²) >= 11 is 0. The van der Waals surface area contributed by atoms with Crippen molar-refractivity contribution in [2.75, 3.05) is 39.8 Å². The van der Waals surface area contributed by atoms with E-state index in [0.717, 1.165) is 18.4 Å². The summed E-state index contributed by atoms with van der Waals surface area (Å²) in [7, 11) is -2.08. The molecule has 2 fully saturated rings. The van der Waals surface area contributed by atoms with Crippen molar-refractivity contribution in [2.45, 2.75) is 30.8 Å². The first-order chi connectivity index (χ1) is 11.4. The number of methoxy groups -OCH3 is 1. The van der Waals surface area contributed by atoms with Crippen LogP contribution in [0.4, 0.5) is 0 Å². The van der Waals surface area contributed by atoms with Crippen LogP contribution in [0.1, 0.15) is 18.4 Å². The molecule has 1 saturated carbocycles. The van der Waals surface area contributed by atoms with E-state index in [1.807, 2.05) is 13.0 Å². The standard InChI is InChI=1S/C17H26N2O4S/c1-13-3-6-16(23-2)17(11-13)24(21,22)19-9-7-18(8-10-19)12-15(20)14-4-5-14/h3,6,11,14-15,20H,4-5,7-10,12H2,1-2H3/t15-/m1/s1. The van der Waals surface area contributed by atoms with Gasteiger partial charge in [-0.15, -0.1) is 0 Å². The average Bonchev–Trinajstić information content (AvgIpc) is 3.40. The minimum Gasteiger partial charge on any atom is -0.495 e. The molecule has 1 aromatic carbocycles. The highest BCUT2D eigenvalue weighted by Crippen LogP contribution is 2.33. The molecule has 1 atom stereocenters. The number of hydrogen-bond acceptors (Lipinski definition) is 5. The molecule has 2 aliphatic rings. The lowest BCUT2D eigenvalue weighted by atomic mass is 10.2. The Balaban J connectivity index is 1.67. The third-order valence-electron chi connectivity index (χ3n) is 4.88. The second-order valence-corrected chi connectivity index (χ2v) is 8.67. The fourth-order valence-corrected chi connectivity index (χ4v) is 4.83. The SMILES string of the molecule is COc1ccc(C)cc1S(=O)(=O)N1CCN(C[C@@H](O)C2CC2)CC1. The number of sulfonamides is 1. The fourth-order valence-electron chi connectivity index (χ4n) is 3.17. The lowest BCUT2D eigenvalue weighted by Crippen LogP contribution is -2.50. The molecule has 0 aromatic heterocycles. The quantitative estimate of drug-likeness (QED) is 0.828. The van der Waals surface area contributed by atoms with Crippen molar-refractivity contribution in [2.24, 2.45) is 5.92 Å². The normalized spacial score (nSPS) is 21.6. The van der Waals surface area contributed by atoms with Crippen LogP contribution in [0.2, 0.25) is 0 Å². The van der Waals surface area contributed by atoms with Gasteiger partial charge in [-0.05, 0) is 43.4 Å². The van der Waals surface area contributed by atoms with E-state index in [0.29, 0.717) is 44.4 Å². The Bertz CT molecular complexity index is 680. The minimum atomic E-state index is -3.56. The van der Waals surface area contributed by atoms with Gasteiger partial charge in [-0.25, -0.2) is 8.42 Å². The molecular formula is C17H26N2O4S. The van der Waals surface area contributed by atoms with Crippen molar-refractivity contribution in [3.63, 3.8) is 0 Å². The van der Waals surface area contributed by atoms with Gasteiger partial charge in [-0.2, -0.15) is 4.31 Å². The number of aliphatic hydroxyl groups is 1. The van der Waals surface area contributed by atoms with Crippen LogP contribution in [0.15, 0.2) is 23.1 Å². The van der Waals surface area contributed by atoms with Crippen molar-refractivity contribution in [1.29, 1.82) is 0 Å². The summed E-state index contributed by atoms with van der Waals surface area (Å²) in [4.78, 5) is 2.39. The number of benzene rings is 1. The molecule has 24 heavy (non-hydrogen) atoms. The second kappa shape index (κ2) is 7.00. The third kappa shape index (κ3) is 3.74. The minimum absolute atomic E-state index is 0.233. The number of aliphatic hydroxyl groups excluding tert-OH is 1. The molecule has 0 bridgehead atoms. The van der Waals surface area contributed by atoms with Gasteiger partial charge < -0.3 is 9.84 Å². The molecule has 0 unspecified atom stereocenters. The monoisotopic (exact) mass is 354 g/mol. The zero-order valence-electron chi connectivity index (χ0n) is 14.3. The van der Waals surface area contributed by atoms with Crippen molar-refractivity contribution in [1.82, 2.24) is 9.21 Å². The van der Waals surface area contributed by atoms with Crippen LogP contribution in [-0.4, -0.2) is 68.7 Å². The Kier molecular flexibility index (Phi) is 5.15. The second-order valence-electron chi connectivity index (χ2n) is 6.76. The number of ether oxygens (including phenoxy) is 1. The van der Waals surface area contributed by atoms with Crippen molar-refractivity contribution in [3.8, 4) is 5.75 Å². The molecule has 134 valence electrons. The largest absolute Gasteiger partial charge is 0.495 e. The molecule has 6 nitrogen and oxygen atoms in total. The maximum absolute atomic E-state index is 12.9. The van der Waals surface area contributed by atoms with Gasteiger partial charge >= 0.3 is 0 Å². The highest BCUT2D eigenvalue weighted by Gasteiger charge is 2.34. The number of piperazine rings is 1. The van der Waals surface area contributed by atoms with Crippen LogP contribution in [0.3, 0.4) is 0 Å². The highest BCUT2D eigenvalue weighted by molar-refractivity contribution is 7.89. The Morgan fingerprint density at radius 3 is 2.50 bits per heavy atom. The van der Waals surface area contributed by atoms with Crippen LogP contribution in [0, 0.1) is 12.8 Å². The first-order valence-electron chi connectivity index (χ1n) is 8.47. The van der Waals surface area contributed by atoms with Crippen molar-refractivity contribution < 1.29 is 18.3 Å². The fraction of sp³-hybridized carbons (Fsp3) is 0.647. The van der Waals surface area contributed by atoms with E-state index in [-0.39, 0.29) is 11.0 Å². The van der Waals surface area contributed by atoms with Crippen LogP contribution < -0.4 is 4.74 Å². The molecule has 0 amide bonds. The molecule has 1 aromatic rings. The van der Waals surface area contributed by atoms with Crippen LogP contribution >= 0.6 is 0 Å². The molecular weight excluding hydrogens is 328 g/mol. The maximum Gasteiger partial charge on any atom is 0.246 e. The summed E-state index contributed by atoms with van der Waals surface area (Å²) in [5.41, 5.74) is 0.889.